The lowest BCUT2D eigenvalue weighted by Gasteiger charge is -2.33. The van der Waals surface area contributed by atoms with Gasteiger partial charge in [0.2, 0.25) is 5.95 Å². The first-order valence-corrected chi connectivity index (χ1v) is 12.3. The van der Waals surface area contributed by atoms with Crippen LogP contribution < -0.4 is 10.6 Å². The SMILES string of the molecule is Cc1cc(Nc2nc(Nc3cc(C)c(C4CCN(CC5CC5(F)F)CC4)cc3F)ncc2C(F)(F)F)n[nH]1. The highest BCUT2D eigenvalue weighted by Crippen LogP contribution is 2.49. The Kier molecular flexibility index (Phi) is 6.74. The number of rotatable bonds is 7. The number of piperidine rings is 1. The summed E-state index contributed by atoms with van der Waals surface area (Å²) in [4.78, 5) is 9.72. The number of nitrogens with one attached hydrogen (secondary N) is 3. The molecule has 2 aromatic heterocycles. The number of anilines is 4. The number of hydrogen-bond donors (Lipinski definition) is 3. The van der Waals surface area contributed by atoms with Crippen LogP contribution in [0.25, 0.3) is 0 Å². The molecule has 0 amide bonds. The molecule has 1 aliphatic carbocycles. The number of likely N-dealkylation sites (tertiary alicyclic amines) is 1. The van der Waals surface area contributed by atoms with E-state index >= 15 is 4.39 Å². The van der Waals surface area contributed by atoms with Crippen molar-refractivity contribution in [3.63, 3.8) is 0 Å². The highest BCUT2D eigenvalue weighted by molar-refractivity contribution is 5.62. The fourth-order valence-corrected chi connectivity index (χ4v) is 4.91. The van der Waals surface area contributed by atoms with Gasteiger partial charge in [-0.1, -0.05) is 0 Å². The third-order valence-corrected chi connectivity index (χ3v) is 7.11. The van der Waals surface area contributed by atoms with Gasteiger partial charge in [0.1, 0.15) is 17.2 Å². The first-order chi connectivity index (χ1) is 17.9. The zero-order valence-corrected chi connectivity index (χ0v) is 20.8. The first kappa shape index (κ1) is 26.3. The number of aromatic amines is 1. The minimum absolute atomic E-state index is 0.0287. The number of aryl methyl sites for hydroxylation is 2. The second kappa shape index (κ2) is 9.75. The lowest BCUT2D eigenvalue weighted by molar-refractivity contribution is -0.137. The molecule has 13 heteroatoms. The average Bonchev–Trinajstić information content (AvgIpc) is 3.22. The van der Waals surface area contributed by atoms with Crippen LogP contribution in [0, 0.1) is 25.6 Å². The molecule has 204 valence electrons. The summed E-state index contributed by atoms with van der Waals surface area (Å²) in [6.07, 6.45) is -2.68. The minimum atomic E-state index is -4.72. The van der Waals surface area contributed by atoms with Crippen LogP contribution in [0.5, 0.6) is 0 Å². The van der Waals surface area contributed by atoms with Crippen molar-refractivity contribution in [2.75, 3.05) is 30.3 Å². The van der Waals surface area contributed by atoms with Crippen LogP contribution in [-0.2, 0) is 6.18 Å². The zero-order valence-electron chi connectivity index (χ0n) is 20.8. The molecule has 0 radical (unpaired) electrons. The van der Waals surface area contributed by atoms with Crippen molar-refractivity contribution in [2.24, 2.45) is 5.92 Å². The van der Waals surface area contributed by atoms with Crippen LogP contribution in [0.3, 0.4) is 0 Å². The van der Waals surface area contributed by atoms with E-state index < -0.39 is 35.2 Å². The summed E-state index contributed by atoms with van der Waals surface area (Å²) >= 11 is 0. The summed E-state index contributed by atoms with van der Waals surface area (Å²) in [5.74, 6) is -4.20. The highest BCUT2D eigenvalue weighted by Gasteiger charge is 2.57. The number of alkyl halides is 5. The van der Waals surface area contributed by atoms with Crippen LogP contribution >= 0.6 is 0 Å². The van der Waals surface area contributed by atoms with Gasteiger partial charge in [-0.3, -0.25) is 5.10 Å². The third-order valence-electron chi connectivity index (χ3n) is 7.11. The molecule has 1 saturated heterocycles. The number of nitrogens with zero attached hydrogens (tertiary/aromatic N) is 4. The molecule has 3 N–H and O–H groups in total. The van der Waals surface area contributed by atoms with Crippen molar-refractivity contribution in [3.05, 3.63) is 52.6 Å². The van der Waals surface area contributed by atoms with Crippen LogP contribution in [-0.4, -0.2) is 50.6 Å². The maximum absolute atomic E-state index is 15.1. The number of aromatic nitrogens is 4. The van der Waals surface area contributed by atoms with E-state index in [0.29, 0.717) is 31.5 Å². The van der Waals surface area contributed by atoms with Gasteiger partial charge in [-0.15, -0.1) is 0 Å². The Labute approximate surface area is 215 Å². The van der Waals surface area contributed by atoms with E-state index in [1.165, 1.54) is 12.1 Å². The van der Waals surface area contributed by atoms with Gasteiger partial charge in [0, 0.05) is 36.8 Å². The number of hydrogen-bond acceptors (Lipinski definition) is 6. The number of benzene rings is 1. The third kappa shape index (κ3) is 5.71. The summed E-state index contributed by atoms with van der Waals surface area (Å²) in [5.41, 5.74) is 1.21. The Morgan fingerprint density at radius 1 is 1.11 bits per heavy atom. The second-order valence-electron chi connectivity index (χ2n) is 10.1. The van der Waals surface area contributed by atoms with Gasteiger partial charge >= 0.3 is 6.18 Å². The van der Waals surface area contributed by atoms with E-state index in [1.54, 1.807) is 13.0 Å². The van der Waals surface area contributed by atoms with E-state index in [9.17, 15) is 22.0 Å². The molecule has 1 aliphatic heterocycles. The van der Waals surface area contributed by atoms with Crippen LogP contribution in [0.2, 0.25) is 0 Å². The molecule has 0 bridgehead atoms. The molecule has 2 aliphatic rings. The van der Waals surface area contributed by atoms with Crippen molar-refractivity contribution in [1.29, 1.82) is 0 Å². The summed E-state index contributed by atoms with van der Waals surface area (Å²) in [6.45, 7) is 5.26. The summed E-state index contributed by atoms with van der Waals surface area (Å²) in [6, 6.07) is 4.51. The largest absolute Gasteiger partial charge is 0.421 e. The van der Waals surface area contributed by atoms with Gasteiger partial charge in [0.15, 0.2) is 5.82 Å². The Morgan fingerprint density at radius 3 is 2.42 bits per heavy atom. The summed E-state index contributed by atoms with van der Waals surface area (Å²) in [5, 5.41) is 11.7. The lowest BCUT2D eigenvalue weighted by atomic mass is 9.86. The fraction of sp³-hybridized carbons (Fsp3) is 0.480. The molecule has 7 nitrogen and oxygen atoms in total. The van der Waals surface area contributed by atoms with E-state index in [4.69, 9.17) is 0 Å². The topological polar surface area (TPSA) is 81.8 Å². The van der Waals surface area contributed by atoms with Gasteiger partial charge in [0.05, 0.1) is 5.69 Å². The molecular weight excluding hydrogens is 512 g/mol. The molecule has 1 aromatic carbocycles. The van der Waals surface area contributed by atoms with E-state index in [0.717, 1.165) is 24.0 Å². The molecule has 3 heterocycles. The highest BCUT2D eigenvalue weighted by atomic mass is 19.4. The maximum atomic E-state index is 15.1. The van der Waals surface area contributed by atoms with Crippen LogP contribution in [0.4, 0.5) is 49.6 Å². The minimum Gasteiger partial charge on any atom is -0.323 e. The molecule has 5 rings (SSSR count). The van der Waals surface area contributed by atoms with E-state index in [2.05, 4.69) is 30.8 Å². The van der Waals surface area contributed by atoms with Crippen LogP contribution in [0.15, 0.2) is 24.4 Å². The van der Waals surface area contributed by atoms with Crippen molar-refractivity contribution in [1.82, 2.24) is 25.1 Å². The predicted molar refractivity (Wildman–Crippen MR) is 130 cm³/mol. The van der Waals surface area contributed by atoms with Gasteiger partial charge in [0.25, 0.3) is 5.92 Å². The first-order valence-electron chi connectivity index (χ1n) is 12.3. The Morgan fingerprint density at radius 2 is 1.82 bits per heavy atom. The van der Waals surface area contributed by atoms with E-state index in [-0.39, 0.29) is 29.8 Å². The lowest BCUT2D eigenvalue weighted by Crippen LogP contribution is -2.35. The standard InChI is InChI=1S/C25H27F6N7/c1-13-7-20(19(26)9-17(13)15-3-5-38(6-4-15)12-16-10-24(16,27)28)33-23-32-11-18(25(29,30)31)22(35-23)34-21-8-14(2)36-37-21/h7-9,11,15-16H,3-6,10,12H2,1-2H3,(H3,32,33,34,35,36,37). The molecule has 2 fully saturated rings. The van der Waals surface area contributed by atoms with Crippen molar-refractivity contribution >= 4 is 23.3 Å². The smallest absolute Gasteiger partial charge is 0.323 e. The quantitative estimate of drug-likeness (QED) is 0.306. The van der Waals surface area contributed by atoms with Gasteiger partial charge in [-0.05, 0) is 69.0 Å². The van der Waals surface area contributed by atoms with Crippen LogP contribution in [0.1, 0.15) is 47.6 Å². The van der Waals surface area contributed by atoms with Crippen molar-refractivity contribution in [2.45, 2.75) is 51.1 Å². The summed E-state index contributed by atoms with van der Waals surface area (Å²) < 4.78 is 82.1. The number of halogens is 6. The average molecular weight is 540 g/mol. The van der Waals surface area contributed by atoms with Gasteiger partial charge in [-0.2, -0.15) is 23.3 Å². The maximum Gasteiger partial charge on any atom is 0.421 e. The molecule has 1 atom stereocenters. The second-order valence-corrected chi connectivity index (χ2v) is 10.1. The monoisotopic (exact) mass is 539 g/mol. The molecular formula is C25H27F6N7. The molecule has 0 spiro atoms. The Balaban J connectivity index is 1.30. The normalized spacial score (nSPS) is 19.9. The van der Waals surface area contributed by atoms with E-state index in [1.807, 2.05) is 11.8 Å². The Bertz CT molecular complexity index is 1310. The van der Waals surface area contributed by atoms with Crippen molar-refractivity contribution < 1.29 is 26.3 Å². The van der Waals surface area contributed by atoms with Gasteiger partial charge in [-0.25, -0.2) is 18.2 Å². The van der Waals surface area contributed by atoms with Crippen molar-refractivity contribution in [3.8, 4) is 0 Å². The predicted octanol–water partition coefficient (Wildman–Crippen LogP) is 6.30. The zero-order chi connectivity index (χ0) is 27.2. The van der Waals surface area contributed by atoms with Gasteiger partial charge < -0.3 is 15.5 Å². The molecule has 1 unspecified atom stereocenters. The molecule has 3 aromatic rings. The number of H-pyrrole nitrogens is 1. The summed E-state index contributed by atoms with van der Waals surface area (Å²) in [7, 11) is 0. The molecule has 38 heavy (non-hydrogen) atoms. The Hall–Kier alpha value is -3.35. The molecule has 1 saturated carbocycles. The fourth-order valence-electron chi connectivity index (χ4n) is 4.91.